The topological polar surface area (TPSA) is 9.23 Å². The van der Waals surface area contributed by atoms with Crippen molar-refractivity contribution in [2.75, 3.05) is 0 Å². The normalized spacial score (nSPS) is 11.6. The number of fused-ring (bicyclic) bond motifs is 1. The molecule has 0 aliphatic heterocycles. The van der Waals surface area contributed by atoms with Crippen molar-refractivity contribution >= 4 is 22.4 Å². The summed E-state index contributed by atoms with van der Waals surface area (Å²) in [5.74, 6) is 0.728. The van der Waals surface area contributed by atoms with Crippen LogP contribution in [-0.4, -0.2) is 0 Å². The van der Waals surface area contributed by atoms with E-state index >= 15 is 0 Å². The van der Waals surface area contributed by atoms with Gasteiger partial charge in [0.15, 0.2) is 0 Å². The molecule has 0 spiro atoms. The molecule has 0 atom stereocenters. The van der Waals surface area contributed by atoms with E-state index in [2.05, 4.69) is 0 Å². The molecule has 0 heterocycles. The Bertz CT molecular complexity index is 822. The van der Waals surface area contributed by atoms with Crippen LogP contribution in [0.25, 0.3) is 10.8 Å². The van der Waals surface area contributed by atoms with E-state index < -0.39 is 11.7 Å². The maximum atomic E-state index is 12.6. The van der Waals surface area contributed by atoms with Gasteiger partial charge in [-0.1, -0.05) is 48.0 Å². The number of ether oxygens (including phenoxy) is 1. The number of alkyl halides is 3. The number of halogens is 4. The van der Waals surface area contributed by atoms with Crippen LogP contribution in [0.3, 0.4) is 0 Å². The van der Waals surface area contributed by atoms with Crippen LogP contribution >= 0.6 is 11.6 Å². The Morgan fingerprint density at radius 3 is 2.27 bits per heavy atom. The Hall–Kier alpha value is -2.20. The molecule has 0 amide bonds. The molecular formula is C17H10ClF3O. The second-order valence-corrected chi connectivity index (χ2v) is 5.13. The number of hydrogen-bond acceptors (Lipinski definition) is 1. The summed E-state index contributed by atoms with van der Waals surface area (Å²) >= 11 is 5.91. The van der Waals surface area contributed by atoms with Crippen molar-refractivity contribution in [2.45, 2.75) is 6.18 Å². The lowest BCUT2D eigenvalue weighted by molar-refractivity contribution is -0.137. The molecule has 0 radical (unpaired) electrons. The Labute approximate surface area is 129 Å². The molecule has 0 saturated carbocycles. The van der Waals surface area contributed by atoms with E-state index in [9.17, 15) is 13.2 Å². The fourth-order valence-electron chi connectivity index (χ4n) is 2.16. The lowest BCUT2D eigenvalue weighted by Gasteiger charge is -2.12. The summed E-state index contributed by atoms with van der Waals surface area (Å²) in [6.45, 7) is 0. The van der Waals surface area contributed by atoms with Gasteiger partial charge in [-0.05, 0) is 29.7 Å². The quantitative estimate of drug-likeness (QED) is 0.537. The van der Waals surface area contributed by atoms with E-state index in [0.717, 1.165) is 22.9 Å². The molecule has 0 unspecified atom stereocenters. The van der Waals surface area contributed by atoms with Crippen molar-refractivity contribution in [1.29, 1.82) is 0 Å². The monoisotopic (exact) mass is 322 g/mol. The summed E-state index contributed by atoms with van der Waals surface area (Å²) in [5, 5.41) is 1.76. The van der Waals surface area contributed by atoms with Crippen LogP contribution < -0.4 is 4.74 Å². The minimum absolute atomic E-state index is 0.0808. The molecule has 3 aromatic carbocycles. The average Bonchev–Trinajstić information content (AvgIpc) is 2.48. The smallest absolute Gasteiger partial charge is 0.416 e. The Morgan fingerprint density at radius 1 is 0.818 bits per heavy atom. The van der Waals surface area contributed by atoms with Gasteiger partial charge in [0.05, 0.1) is 10.6 Å². The predicted octanol–water partition coefficient (Wildman–Crippen LogP) is 6.30. The van der Waals surface area contributed by atoms with Crippen LogP contribution in [0.15, 0.2) is 60.7 Å². The molecule has 22 heavy (non-hydrogen) atoms. The van der Waals surface area contributed by atoms with E-state index in [1.807, 2.05) is 36.4 Å². The summed E-state index contributed by atoms with van der Waals surface area (Å²) in [6.07, 6.45) is -4.43. The van der Waals surface area contributed by atoms with E-state index in [4.69, 9.17) is 16.3 Å². The highest BCUT2D eigenvalue weighted by atomic mass is 35.5. The molecule has 0 saturated heterocycles. The van der Waals surface area contributed by atoms with E-state index in [-0.39, 0.29) is 10.8 Å². The van der Waals surface area contributed by atoms with Crippen LogP contribution in [0.4, 0.5) is 13.2 Å². The van der Waals surface area contributed by atoms with Crippen molar-refractivity contribution in [2.24, 2.45) is 0 Å². The molecule has 3 aromatic rings. The summed E-state index contributed by atoms with van der Waals surface area (Å²) in [7, 11) is 0. The van der Waals surface area contributed by atoms with Gasteiger partial charge in [0.25, 0.3) is 0 Å². The molecule has 0 aliphatic rings. The van der Waals surface area contributed by atoms with Crippen LogP contribution in [0, 0.1) is 0 Å². The average molecular weight is 323 g/mol. The summed E-state index contributed by atoms with van der Waals surface area (Å²) in [4.78, 5) is 0. The maximum absolute atomic E-state index is 12.6. The Kier molecular flexibility index (Phi) is 3.71. The van der Waals surface area contributed by atoms with Crippen molar-refractivity contribution in [1.82, 2.24) is 0 Å². The van der Waals surface area contributed by atoms with Gasteiger partial charge in [-0.25, -0.2) is 0 Å². The minimum atomic E-state index is -4.43. The van der Waals surface area contributed by atoms with E-state index in [1.54, 1.807) is 6.07 Å². The fourth-order valence-corrected chi connectivity index (χ4v) is 2.38. The van der Waals surface area contributed by atoms with Gasteiger partial charge < -0.3 is 4.74 Å². The molecule has 112 valence electrons. The molecule has 3 rings (SSSR count). The van der Waals surface area contributed by atoms with Crippen LogP contribution in [-0.2, 0) is 6.18 Å². The molecule has 1 nitrogen and oxygen atoms in total. The maximum Gasteiger partial charge on any atom is 0.416 e. The molecular weight excluding hydrogens is 313 g/mol. The van der Waals surface area contributed by atoms with Gasteiger partial charge in [0.2, 0.25) is 0 Å². The highest BCUT2D eigenvalue weighted by molar-refractivity contribution is 6.32. The lowest BCUT2D eigenvalue weighted by Crippen LogP contribution is -2.04. The van der Waals surface area contributed by atoms with E-state index in [0.29, 0.717) is 5.75 Å². The fraction of sp³-hybridized carbons (Fsp3) is 0.0588. The first kappa shape index (κ1) is 14.7. The second kappa shape index (κ2) is 5.54. The predicted molar refractivity (Wildman–Crippen MR) is 80.5 cm³/mol. The van der Waals surface area contributed by atoms with Crippen molar-refractivity contribution in [3.63, 3.8) is 0 Å². The van der Waals surface area contributed by atoms with Gasteiger partial charge in [-0.15, -0.1) is 0 Å². The first-order valence-electron chi connectivity index (χ1n) is 6.47. The minimum Gasteiger partial charge on any atom is -0.455 e. The molecule has 0 bridgehead atoms. The largest absolute Gasteiger partial charge is 0.455 e. The van der Waals surface area contributed by atoms with Crippen LogP contribution in [0.1, 0.15) is 5.56 Å². The highest BCUT2D eigenvalue weighted by Gasteiger charge is 2.31. The van der Waals surface area contributed by atoms with Gasteiger partial charge in [0, 0.05) is 5.39 Å². The molecule has 0 fully saturated rings. The van der Waals surface area contributed by atoms with E-state index in [1.165, 1.54) is 6.07 Å². The zero-order valence-electron chi connectivity index (χ0n) is 11.2. The summed E-state index contributed by atoms with van der Waals surface area (Å²) in [5.41, 5.74) is -0.803. The third-order valence-corrected chi connectivity index (χ3v) is 3.52. The standard InChI is InChI=1S/C17H10ClF3O/c18-14-10-12(17(19,20)21)8-9-16(14)22-15-7-3-5-11-4-1-2-6-13(11)15/h1-10H. The second-order valence-electron chi connectivity index (χ2n) is 4.72. The SMILES string of the molecule is FC(F)(F)c1ccc(Oc2cccc3ccccc23)c(Cl)c1. The third-order valence-electron chi connectivity index (χ3n) is 3.23. The van der Waals surface area contributed by atoms with Crippen LogP contribution in [0.5, 0.6) is 11.5 Å². The van der Waals surface area contributed by atoms with Crippen molar-refractivity contribution in [3.05, 3.63) is 71.2 Å². The zero-order valence-corrected chi connectivity index (χ0v) is 11.9. The summed E-state index contributed by atoms with van der Waals surface area (Å²) < 4.78 is 43.6. The summed E-state index contributed by atoms with van der Waals surface area (Å²) in [6, 6.07) is 16.1. The molecule has 5 heteroatoms. The van der Waals surface area contributed by atoms with Gasteiger partial charge in [-0.2, -0.15) is 13.2 Å². The molecule has 0 aliphatic carbocycles. The first-order chi connectivity index (χ1) is 10.4. The molecule has 0 aromatic heterocycles. The zero-order chi connectivity index (χ0) is 15.7. The number of rotatable bonds is 2. The van der Waals surface area contributed by atoms with Gasteiger partial charge in [0.1, 0.15) is 11.5 Å². The highest BCUT2D eigenvalue weighted by Crippen LogP contribution is 2.37. The first-order valence-corrected chi connectivity index (χ1v) is 6.85. The van der Waals surface area contributed by atoms with Crippen molar-refractivity contribution in [3.8, 4) is 11.5 Å². The number of hydrogen-bond donors (Lipinski definition) is 0. The van der Waals surface area contributed by atoms with Gasteiger partial charge in [-0.3, -0.25) is 0 Å². The van der Waals surface area contributed by atoms with Gasteiger partial charge >= 0.3 is 6.18 Å². The van der Waals surface area contributed by atoms with Crippen LogP contribution in [0.2, 0.25) is 5.02 Å². The van der Waals surface area contributed by atoms with Crippen molar-refractivity contribution < 1.29 is 17.9 Å². The number of benzene rings is 3. The Balaban J connectivity index is 1.99. The lowest BCUT2D eigenvalue weighted by atomic mass is 10.1. The molecule has 0 N–H and O–H groups in total. The third kappa shape index (κ3) is 2.88. The Morgan fingerprint density at radius 2 is 1.55 bits per heavy atom.